The minimum Gasteiger partial charge on any atom is -0.464 e. The molecule has 148 valence electrons. The molecule has 2 aromatic rings. The van der Waals surface area contributed by atoms with E-state index >= 15 is 0 Å². The molecule has 0 bridgehead atoms. The van der Waals surface area contributed by atoms with Gasteiger partial charge in [0.2, 0.25) is 11.6 Å². The van der Waals surface area contributed by atoms with Crippen LogP contribution in [0.5, 0.6) is 0 Å². The zero-order valence-electron chi connectivity index (χ0n) is 15.5. The van der Waals surface area contributed by atoms with Crippen LogP contribution in [0.3, 0.4) is 0 Å². The van der Waals surface area contributed by atoms with Crippen molar-refractivity contribution in [2.75, 3.05) is 6.61 Å². The topological polar surface area (TPSA) is 137 Å². The summed E-state index contributed by atoms with van der Waals surface area (Å²) in [5.41, 5.74) is -0.989. The second-order valence-corrected chi connectivity index (χ2v) is 7.10. The third-order valence-electron chi connectivity index (χ3n) is 4.43. The molecule has 9 heteroatoms. The third kappa shape index (κ3) is 3.66. The van der Waals surface area contributed by atoms with Gasteiger partial charge < -0.3 is 9.15 Å². The van der Waals surface area contributed by atoms with Gasteiger partial charge in [-0.05, 0) is 19.9 Å². The first-order chi connectivity index (χ1) is 13.7. The molecular weight excluding hydrogens is 382 g/mol. The van der Waals surface area contributed by atoms with E-state index in [4.69, 9.17) is 9.15 Å². The molecule has 0 radical (unpaired) electrons. The molecule has 0 atom stereocenters. The van der Waals surface area contributed by atoms with Crippen LogP contribution in [0.4, 0.5) is 0 Å². The number of hydrogen-bond donors (Lipinski definition) is 0. The Morgan fingerprint density at radius 1 is 1.03 bits per heavy atom. The monoisotopic (exact) mass is 397 g/mol. The number of carbonyl (C=O) groups is 5. The van der Waals surface area contributed by atoms with Gasteiger partial charge in [-0.2, -0.15) is 0 Å². The minimum absolute atomic E-state index is 0.0470. The molecule has 29 heavy (non-hydrogen) atoms. The minimum atomic E-state index is -1.32. The summed E-state index contributed by atoms with van der Waals surface area (Å²) in [6, 6.07) is 7.33. The fourth-order valence-corrected chi connectivity index (χ4v) is 2.73. The van der Waals surface area contributed by atoms with Crippen LogP contribution in [0.1, 0.15) is 62.9 Å². The predicted octanol–water partition coefficient (Wildman–Crippen LogP) is 2.49. The van der Waals surface area contributed by atoms with E-state index < -0.39 is 47.7 Å². The molecular formula is C20H15NO8. The van der Waals surface area contributed by atoms with E-state index in [9.17, 15) is 28.9 Å². The first-order valence-electron chi connectivity index (χ1n) is 8.54. The van der Waals surface area contributed by atoms with Crippen molar-refractivity contribution in [2.45, 2.75) is 20.3 Å². The van der Waals surface area contributed by atoms with Gasteiger partial charge >= 0.3 is 5.97 Å². The number of nitrogens with zero attached hydrogens (tertiary/aromatic N) is 1. The first kappa shape index (κ1) is 20.0. The molecule has 1 aromatic heterocycles. The van der Waals surface area contributed by atoms with Crippen LogP contribution < -0.4 is 0 Å². The summed E-state index contributed by atoms with van der Waals surface area (Å²) >= 11 is 0. The smallest absolute Gasteiger partial charge is 0.313 e. The standard InChI is InChI=1S/C20H15NO8/c1-20(2,19(26)21-27)9-28-15(23)8-13(22)14-7-12-16(24)10-5-3-4-6-11(10)17(25)18(12)29-14/h3-7H,8-9H2,1-2H3. The zero-order valence-corrected chi connectivity index (χ0v) is 15.5. The lowest BCUT2D eigenvalue weighted by molar-refractivity contribution is -0.147. The Hall–Kier alpha value is -3.75. The number of carbonyl (C=O) groups excluding carboxylic acids is 5. The molecule has 9 nitrogen and oxygen atoms in total. The molecule has 0 saturated heterocycles. The Balaban J connectivity index is 1.73. The van der Waals surface area contributed by atoms with Gasteiger partial charge in [0.15, 0.2) is 17.3 Å². The van der Waals surface area contributed by atoms with Gasteiger partial charge in [0, 0.05) is 16.3 Å². The van der Waals surface area contributed by atoms with E-state index in [1.807, 2.05) is 0 Å². The van der Waals surface area contributed by atoms with Gasteiger partial charge in [-0.3, -0.25) is 24.0 Å². The maximum atomic E-state index is 12.5. The molecule has 3 rings (SSSR count). The number of Topliss-reactive ketones (excluding diaryl/α,β-unsaturated/α-hetero) is 1. The summed E-state index contributed by atoms with van der Waals surface area (Å²) in [6.07, 6.45) is -0.736. The molecule has 0 saturated carbocycles. The molecule has 0 N–H and O–H groups in total. The van der Waals surface area contributed by atoms with E-state index in [1.165, 1.54) is 26.0 Å². The lowest BCUT2D eigenvalue weighted by Gasteiger charge is -2.18. The molecule has 1 aliphatic carbocycles. The number of benzene rings is 1. The van der Waals surface area contributed by atoms with Crippen LogP contribution >= 0.6 is 0 Å². The molecule has 1 amide bonds. The van der Waals surface area contributed by atoms with Crippen molar-refractivity contribution in [3.63, 3.8) is 0 Å². The van der Waals surface area contributed by atoms with Crippen LogP contribution in [0.15, 0.2) is 39.9 Å². The molecule has 1 aromatic carbocycles. The Kier molecular flexibility index (Phi) is 5.06. The third-order valence-corrected chi connectivity index (χ3v) is 4.43. The highest BCUT2D eigenvalue weighted by atomic mass is 16.5. The summed E-state index contributed by atoms with van der Waals surface area (Å²) in [4.78, 5) is 70.9. The summed E-state index contributed by atoms with van der Waals surface area (Å²) < 4.78 is 10.1. The highest BCUT2D eigenvalue weighted by molar-refractivity contribution is 6.28. The summed E-state index contributed by atoms with van der Waals surface area (Å²) in [7, 11) is 0. The van der Waals surface area contributed by atoms with E-state index in [2.05, 4.69) is 5.18 Å². The molecule has 0 aliphatic heterocycles. The predicted molar refractivity (Wildman–Crippen MR) is 96.5 cm³/mol. The highest BCUT2D eigenvalue weighted by Crippen LogP contribution is 2.30. The van der Waals surface area contributed by atoms with Crippen LogP contribution in [0.2, 0.25) is 0 Å². The average Bonchev–Trinajstić information content (AvgIpc) is 3.16. The maximum absolute atomic E-state index is 12.5. The largest absolute Gasteiger partial charge is 0.464 e. The fraction of sp³-hybridized carbons (Fsp3) is 0.250. The summed E-state index contributed by atoms with van der Waals surface area (Å²) in [5.74, 6) is -4.32. The highest BCUT2D eigenvalue weighted by Gasteiger charge is 2.35. The van der Waals surface area contributed by atoms with Crippen LogP contribution in [0, 0.1) is 10.3 Å². The second kappa shape index (κ2) is 7.34. The van der Waals surface area contributed by atoms with Crippen LogP contribution in [0.25, 0.3) is 0 Å². The number of furan rings is 1. The molecule has 1 aliphatic rings. The van der Waals surface area contributed by atoms with E-state index in [1.54, 1.807) is 12.1 Å². The number of amides is 1. The zero-order chi connectivity index (χ0) is 21.3. The number of fused-ring (bicyclic) bond motifs is 2. The van der Waals surface area contributed by atoms with Crippen LogP contribution in [-0.4, -0.2) is 35.8 Å². The quantitative estimate of drug-likeness (QED) is 0.268. The number of rotatable bonds is 6. The van der Waals surface area contributed by atoms with Crippen molar-refractivity contribution in [3.8, 4) is 0 Å². The fourth-order valence-electron chi connectivity index (χ4n) is 2.73. The second-order valence-electron chi connectivity index (χ2n) is 7.10. The Morgan fingerprint density at radius 2 is 1.66 bits per heavy atom. The average molecular weight is 397 g/mol. The number of hydrogen-bond acceptors (Lipinski definition) is 8. The molecule has 0 fully saturated rings. The number of nitroso groups, excluding NO2 is 1. The van der Waals surface area contributed by atoms with Gasteiger partial charge in [-0.25, -0.2) is 0 Å². The number of ether oxygens (including phenoxy) is 1. The van der Waals surface area contributed by atoms with Crippen molar-refractivity contribution >= 4 is 29.2 Å². The first-order valence-corrected chi connectivity index (χ1v) is 8.54. The Labute approximate surface area is 164 Å². The molecule has 0 unspecified atom stereocenters. The van der Waals surface area contributed by atoms with Gasteiger partial charge in [-0.1, -0.05) is 24.3 Å². The summed E-state index contributed by atoms with van der Waals surface area (Å²) in [6.45, 7) is 2.28. The lowest BCUT2D eigenvalue weighted by Crippen LogP contribution is -2.29. The number of esters is 1. The van der Waals surface area contributed by atoms with E-state index in [0.717, 1.165) is 6.07 Å². The van der Waals surface area contributed by atoms with Gasteiger partial charge in [0.1, 0.15) is 13.0 Å². The van der Waals surface area contributed by atoms with Gasteiger partial charge in [-0.15, -0.1) is 4.91 Å². The van der Waals surface area contributed by atoms with E-state index in [-0.39, 0.29) is 28.2 Å². The normalized spacial score (nSPS) is 12.8. The molecule has 0 spiro atoms. The maximum Gasteiger partial charge on any atom is 0.313 e. The lowest BCUT2D eigenvalue weighted by atomic mass is 9.88. The van der Waals surface area contributed by atoms with Crippen molar-refractivity contribution in [1.29, 1.82) is 0 Å². The molecule has 1 heterocycles. The van der Waals surface area contributed by atoms with Crippen molar-refractivity contribution in [3.05, 3.63) is 63.4 Å². The van der Waals surface area contributed by atoms with Crippen molar-refractivity contribution in [1.82, 2.24) is 0 Å². The summed E-state index contributed by atoms with van der Waals surface area (Å²) in [5, 5.41) is 2.29. The SMILES string of the molecule is CC(C)(COC(=O)CC(=O)c1cc2c(o1)C(=O)c1ccccc1C2=O)C(=O)N=O. The van der Waals surface area contributed by atoms with Crippen molar-refractivity contribution in [2.24, 2.45) is 10.6 Å². The van der Waals surface area contributed by atoms with Crippen LogP contribution in [-0.2, 0) is 14.3 Å². The van der Waals surface area contributed by atoms with Gasteiger partial charge in [0.25, 0.3) is 5.91 Å². The van der Waals surface area contributed by atoms with E-state index in [0.29, 0.717) is 0 Å². The van der Waals surface area contributed by atoms with Crippen molar-refractivity contribution < 1.29 is 33.1 Å². The Bertz CT molecular complexity index is 1020. The Morgan fingerprint density at radius 3 is 2.28 bits per heavy atom. The van der Waals surface area contributed by atoms with Gasteiger partial charge in [0.05, 0.1) is 11.0 Å². The number of ketones is 3.